The Morgan fingerprint density at radius 1 is 0.958 bits per heavy atom. The Morgan fingerprint density at radius 2 is 1.83 bits per heavy atom. The van der Waals surface area contributed by atoms with Gasteiger partial charge in [0.25, 0.3) is 0 Å². The molecular formula is C21H19N3. The van der Waals surface area contributed by atoms with Gasteiger partial charge in [-0.3, -0.25) is 4.98 Å². The number of hydrogen-bond donors (Lipinski definition) is 1. The molecule has 0 aliphatic carbocycles. The van der Waals surface area contributed by atoms with Crippen molar-refractivity contribution in [2.24, 2.45) is 0 Å². The fourth-order valence-corrected chi connectivity index (χ4v) is 3.01. The van der Waals surface area contributed by atoms with Gasteiger partial charge in [-0.1, -0.05) is 36.4 Å². The molecule has 0 bridgehead atoms. The molecule has 0 radical (unpaired) electrons. The number of rotatable bonds is 4. The summed E-state index contributed by atoms with van der Waals surface area (Å²) in [5.74, 6) is 0. The summed E-state index contributed by atoms with van der Waals surface area (Å²) < 4.78 is 0. The van der Waals surface area contributed by atoms with Crippen molar-refractivity contribution in [2.45, 2.75) is 19.8 Å². The first-order valence-electron chi connectivity index (χ1n) is 8.23. The van der Waals surface area contributed by atoms with Crippen LogP contribution in [-0.4, -0.2) is 15.0 Å². The molecule has 1 N–H and O–H groups in total. The monoisotopic (exact) mass is 313 g/mol. The maximum atomic E-state index is 4.86. The molecule has 0 saturated heterocycles. The van der Waals surface area contributed by atoms with Crippen molar-refractivity contribution in [3.8, 4) is 11.3 Å². The highest BCUT2D eigenvalue weighted by Crippen LogP contribution is 2.27. The number of H-pyrrole nitrogens is 1. The van der Waals surface area contributed by atoms with Gasteiger partial charge < -0.3 is 4.98 Å². The zero-order valence-electron chi connectivity index (χ0n) is 13.7. The van der Waals surface area contributed by atoms with E-state index >= 15 is 0 Å². The lowest BCUT2D eigenvalue weighted by Crippen LogP contribution is -1.95. The Hall–Kier alpha value is -2.94. The average Bonchev–Trinajstić information content (AvgIpc) is 3.04. The molecule has 118 valence electrons. The van der Waals surface area contributed by atoms with Gasteiger partial charge in [0.1, 0.15) is 5.65 Å². The molecule has 0 unspecified atom stereocenters. The van der Waals surface area contributed by atoms with E-state index in [0.717, 1.165) is 46.4 Å². The minimum absolute atomic E-state index is 0.909. The van der Waals surface area contributed by atoms with E-state index in [-0.39, 0.29) is 0 Å². The van der Waals surface area contributed by atoms with Crippen molar-refractivity contribution in [1.82, 2.24) is 15.0 Å². The predicted molar refractivity (Wildman–Crippen MR) is 97.9 cm³/mol. The van der Waals surface area contributed by atoms with Crippen molar-refractivity contribution in [3.05, 3.63) is 83.8 Å². The van der Waals surface area contributed by atoms with E-state index in [1.165, 1.54) is 5.56 Å². The summed E-state index contributed by atoms with van der Waals surface area (Å²) in [7, 11) is 0. The number of hydrogen-bond acceptors (Lipinski definition) is 2. The first kappa shape index (κ1) is 14.6. The van der Waals surface area contributed by atoms with E-state index in [4.69, 9.17) is 4.98 Å². The quantitative estimate of drug-likeness (QED) is 0.592. The van der Waals surface area contributed by atoms with E-state index in [1.807, 2.05) is 12.4 Å². The Balaban J connectivity index is 1.63. The fraction of sp³-hybridized carbons (Fsp3) is 0.143. The van der Waals surface area contributed by atoms with Crippen LogP contribution >= 0.6 is 0 Å². The van der Waals surface area contributed by atoms with Gasteiger partial charge in [0.15, 0.2) is 0 Å². The van der Waals surface area contributed by atoms with Gasteiger partial charge in [0.05, 0.1) is 5.69 Å². The van der Waals surface area contributed by atoms with Crippen LogP contribution in [0.2, 0.25) is 0 Å². The van der Waals surface area contributed by atoms with Gasteiger partial charge in [-0.05, 0) is 49.1 Å². The van der Waals surface area contributed by atoms with Gasteiger partial charge in [-0.25, -0.2) is 4.98 Å². The third kappa shape index (κ3) is 2.93. The summed E-state index contributed by atoms with van der Waals surface area (Å²) in [5, 5.41) is 1.13. The first-order valence-corrected chi connectivity index (χ1v) is 8.23. The van der Waals surface area contributed by atoms with Crippen molar-refractivity contribution < 1.29 is 0 Å². The number of aryl methyl sites for hydroxylation is 3. The normalized spacial score (nSPS) is 11.0. The molecule has 0 spiro atoms. The molecule has 24 heavy (non-hydrogen) atoms. The Kier molecular flexibility index (Phi) is 3.83. The zero-order chi connectivity index (χ0) is 16.4. The topological polar surface area (TPSA) is 41.6 Å². The standard InChI is InChI=1S/C21H19N3/c1-15-12-18-19(14-23-21(18)22-13-15)20-9-5-8-17(24-20)11-10-16-6-3-2-4-7-16/h2-9,12-14H,10-11H2,1H3,(H,22,23). The van der Waals surface area contributed by atoms with Crippen LogP contribution in [0.3, 0.4) is 0 Å². The minimum Gasteiger partial charge on any atom is -0.345 e. The number of pyridine rings is 2. The molecule has 1 aromatic carbocycles. The molecule has 0 atom stereocenters. The van der Waals surface area contributed by atoms with Gasteiger partial charge in [0.2, 0.25) is 0 Å². The third-order valence-electron chi connectivity index (χ3n) is 4.26. The number of aromatic nitrogens is 3. The molecular weight excluding hydrogens is 294 g/mol. The molecule has 4 aromatic rings. The van der Waals surface area contributed by atoms with Gasteiger partial charge >= 0.3 is 0 Å². The average molecular weight is 313 g/mol. The van der Waals surface area contributed by atoms with Crippen LogP contribution in [0.1, 0.15) is 16.8 Å². The van der Waals surface area contributed by atoms with Gasteiger partial charge in [-0.2, -0.15) is 0 Å². The summed E-state index contributed by atoms with van der Waals surface area (Å²) >= 11 is 0. The van der Waals surface area contributed by atoms with E-state index in [0.29, 0.717) is 0 Å². The highest BCUT2D eigenvalue weighted by molar-refractivity contribution is 5.92. The van der Waals surface area contributed by atoms with E-state index in [2.05, 4.69) is 71.5 Å². The first-order chi connectivity index (χ1) is 11.8. The summed E-state index contributed by atoms with van der Waals surface area (Å²) in [6.45, 7) is 2.06. The molecule has 0 aliphatic heterocycles. The Labute approximate surface area is 141 Å². The second-order valence-corrected chi connectivity index (χ2v) is 6.11. The number of benzene rings is 1. The number of fused-ring (bicyclic) bond motifs is 1. The summed E-state index contributed by atoms with van der Waals surface area (Å²) in [4.78, 5) is 12.5. The lowest BCUT2D eigenvalue weighted by atomic mass is 10.1. The maximum absolute atomic E-state index is 4.86. The maximum Gasteiger partial charge on any atom is 0.137 e. The van der Waals surface area contributed by atoms with Crippen LogP contribution in [0.5, 0.6) is 0 Å². The zero-order valence-corrected chi connectivity index (χ0v) is 13.7. The molecule has 0 aliphatic rings. The van der Waals surface area contributed by atoms with Crippen LogP contribution in [0.25, 0.3) is 22.3 Å². The van der Waals surface area contributed by atoms with Crippen molar-refractivity contribution in [2.75, 3.05) is 0 Å². The second kappa shape index (κ2) is 6.28. The lowest BCUT2D eigenvalue weighted by Gasteiger charge is -2.05. The second-order valence-electron chi connectivity index (χ2n) is 6.11. The van der Waals surface area contributed by atoms with Crippen LogP contribution in [0.15, 0.2) is 67.0 Å². The summed E-state index contributed by atoms with van der Waals surface area (Å²) in [5.41, 5.74) is 6.64. The van der Waals surface area contributed by atoms with Gasteiger partial charge in [-0.15, -0.1) is 0 Å². The van der Waals surface area contributed by atoms with Crippen LogP contribution in [-0.2, 0) is 12.8 Å². The molecule has 0 amide bonds. The smallest absolute Gasteiger partial charge is 0.137 e. The number of nitrogens with one attached hydrogen (secondary N) is 1. The molecule has 3 nitrogen and oxygen atoms in total. The molecule has 3 heterocycles. The Morgan fingerprint density at radius 3 is 2.71 bits per heavy atom. The van der Waals surface area contributed by atoms with Crippen LogP contribution in [0, 0.1) is 6.92 Å². The lowest BCUT2D eigenvalue weighted by molar-refractivity contribution is 0.916. The van der Waals surface area contributed by atoms with Crippen molar-refractivity contribution >= 4 is 11.0 Å². The molecule has 0 fully saturated rings. The molecule has 4 rings (SSSR count). The van der Waals surface area contributed by atoms with Crippen LogP contribution in [0.4, 0.5) is 0 Å². The van der Waals surface area contributed by atoms with Crippen molar-refractivity contribution in [3.63, 3.8) is 0 Å². The summed E-state index contributed by atoms with van der Waals surface area (Å²) in [6.07, 6.45) is 5.83. The third-order valence-corrected chi connectivity index (χ3v) is 4.26. The highest BCUT2D eigenvalue weighted by atomic mass is 14.8. The molecule has 3 aromatic heterocycles. The number of nitrogens with zero attached hydrogens (tertiary/aromatic N) is 2. The summed E-state index contributed by atoms with van der Waals surface area (Å²) in [6, 6.07) is 19.0. The number of aromatic amines is 1. The molecule has 3 heteroatoms. The fourth-order valence-electron chi connectivity index (χ4n) is 3.01. The van der Waals surface area contributed by atoms with E-state index in [9.17, 15) is 0 Å². The highest BCUT2D eigenvalue weighted by Gasteiger charge is 2.09. The predicted octanol–water partition coefficient (Wildman–Crippen LogP) is 4.72. The van der Waals surface area contributed by atoms with Crippen molar-refractivity contribution in [1.29, 1.82) is 0 Å². The molecule has 0 saturated carbocycles. The largest absolute Gasteiger partial charge is 0.345 e. The van der Waals surface area contributed by atoms with Crippen LogP contribution < -0.4 is 0 Å². The Bertz CT molecular complexity index is 971. The SMILES string of the molecule is Cc1cnc2[nH]cc(-c3cccc(CCc4ccccc4)n3)c2c1. The van der Waals surface area contributed by atoms with Gasteiger partial charge in [0, 0.05) is 29.0 Å². The minimum atomic E-state index is 0.909. The van der Waals surface area contributed by atoms with E-state index in [1.54, 1.807) is 0 Å². The van der Waals surface area contributed by atoms with E-state index < -0.39 is 0 Å².